The predicted octanol–water partition coefficient (Wildman–Crippen LogP) is 16.4. The Morgan fingerprint density at radius 1 is 0.446 bits per heavy atom. The first-order valence-electron chi connectivity index (χ1n) is 24.8. The highest BCUT2D eigenvalue weighted by Gasteiger charge is 2.36. The Hall–Kier alpha value is -9.17. The molecule has 0 bridgehead atoms. The van der Waals surface area contributed by atoms with Gasteiger partial charge in [-0.3, -0.25) is 0 Å². The first-order valence-corrected chi connectivity index (χ1v) is 24.8. The summed E-state index contributed by atoms with van der Waals surface area (Å²) >= 11 is 0. The third kappa shape index (κ3) is 7.86. The van der Waals surface area contributed by atoms with E-state index >= 15 is 13.2 Å². The van der Waals surface area contributed by atoms with E-state index in [0.717, 1.165) is 117 Å². The van der Waals surface area contributed by atoms with Crippen LogP contribution in [0.4, 0.5) is 13.2 Å². The number of nitrogens with zero attached hydrogens (tertiary/aromatic N) is 4. The molecule has 0 spiro atoms. The number of halogens is 3. The molecule has 2 aliphatic rings. The van der Waals surface area contributed by atoms with Crippen molar-refractivity contribution in [2.45, 2.75) is 46.7 Å². The van der Waals surface area contributed by atoms with Crippen LogP contribution in [0.25, 0.3) is 99.5 Å². The highest BCUT2D eigenvalue weighted by Crippen LogP contribution is 2.46. The molecule has 8 aromatic carbocycles. The summed E-state index contributed by atoms with van der Waals surface area (Å²) in [7, 11) is 0. The summed E-state index contributed by atoms with van der Waals surface area (Å²) in [6.07, 6.45) is 9.67. The summed E-state index contributed by atoms with van der Waals surface area (Å²) < 4.78 is 50.5. The second kappa shape index (κ2) is 17.8. The van der Waals surface area contributed by atoms with E-state index < -0.39 is 11.7 Å². The Morgan fingerprint density at radius 3 is 1.31 bits per heavy atom. The molecule has 0 saturated carbocycles. The Morgan fingerprint density at radius 2 is 0.878 bits per heavy atom. The highest BCUT2D eigenvalue weighted by molar-refractivity contribution is 6.13. The third-order valence-corrected chi connectivity index (χ3v) is 14.9. The number of alkyl halides is 3. The van der Waals surface area contributed by atoms with Crippen molar-refractivity contribution < 1.29 is 13.2 Å². The molecule has 7 heteroatoms. The van der Waals surface area contributed by atoms with Gasteiger partial charge < -0.3 is 9.13 Å². The number of benzene rings is 8. The van der Waals surface area contributed by atoms with Gasteiger partial charge in [-0.2, -0.15) is 23.7 Å². The maximum atomic E-state index is 15.4. The van der Waals surface area contributed by atoms with Crippen molar-refractivity contribution in [3.8, 4) is 56.9 Å². The molecule has 0 atom stereocenters. The average Bonchev–Trinajstić information content (AvgIpc) is 3.91. The molecule has 12 rings (SSSR count). The van der Waals surface area contributed by atoms with Crippen molar-refractivity contribution in [1.29, 1.82) is 10.5 Å². The van der Waals surface area contributed by atoms with Crippen molar-refractivity contribution in [1.82, 2.24) is 9.13 Å². The first-order chi connectivity index (χ1) is 35.8. The van der Waals surface area contributed by atoms with Crippen molar-refractivity contribution in [2.75, 3.05) is 0 Å². The Bertz CT molecular complexity index is 4180. The van der Waals surface area contributed by atoms with Gasteiger partial charge in [0.25, 0.3) is 0 Å². The number of fused-ring (bicyclic) bond motifs is 6. The van der Waals surface area contributed by atoms with E-state index in [-0.39, 0.29) is 22.3 Å². The number of allylic oxidation sites excluding steroid dienone is 8. The summed E-state index contributed by atoms with van der Waals surface area (Å²) in [6.45, 7) is 8.30. The molecule has 10 aromatic rings. The fraction of sp³-hybridized carbons (Fsp3) is 0.104. The van der Waals surface area contributed by atoms with Gasteiger partial charge in [-0.15, -0.1) is 0 Å². The van der Waals surface area contributed by atoms with Crippen LogP contribution >= 0.6 is 0 Å². The van der Waals surface area contributed by atoms with E-state index in [1.165, 1.54) is 23.3 Å². The van der Waals surface area contributed by atoms with Gasteiger partial charge in [0.2, 0.25) is 0 Å². The SMILES string of the molecule is CC1=CCC(=c2ccc3c4ccc(=C5C=CC(C)=CC5)cc4n(-c4cc(C#N)c(-c5c(C#N)cccc5C(F)(F)F)cc4-n4c5cc(-c6ccc(C)cc6)ccc5c5ccc(-c6ccc(C)cc6)cc54)c3c2)C=C1. The van der Waals surface area contributed by atoms with E-state index in [1.54, 1.807) is 12.1 Å². The number of hydrogen-bond acceptors (Lipinski definition) is 2. The molecule has 0 radical (unpaired) electrons. The van der Waals surface area contributed by atoms with Crippen LogP contribution in [0.3, 0.4) is 0 Å². The zero-order chi connectivity index (χ0) is 51.0. The lowest BCUT2D eigenvalue weighted by molar-refractivity contribution is -0.137. The van der Waals surface area contributed by atoms with Crippen LogP contribution in [0.5, 0.6) is 0 Å². The summed E-state index contributed by atoms with van der Waals surface area (Å²) in [5.74, 6) is 0. The van der Waals surface area contributed by atoms with Crippen LogP contribution in [0.15, 0.2) is 199 Å². The smallest absolute Gasteiger partial charge is 0.307 e. The maximum Gasteiger partial charge on any atom is 0.417 e. The maximum absolute atomic E-state index is 15.4. The van der Waals surface area contributed by atoms with Crippen molar-refractivity contribution in [3.63, 3.8) is 0 Å². The lowest BCUT2D eigenvalue weighted by atomic mass is 9.90. The molecule has 0 unspecified atom stereocenters. The zero-order valence-electron chi connectivity index (χ0n) is 41.2. The number of hydrogen-bond donors (Lipinski definition) is 0. The van der Waals surface area contributed by atoms with Crippen LogP contribution in [-0.4, -0.2) is 9.13 Å². The van der Waals surface area contributed by atoms with Gasteiger partial charge >= 0.3 is 6.18 Å². The van der Waals surface area contributed by atoms with Gasteiger partial charge in [-0.05, 0) is 133 Å². The fourth-order valence-electron chi connectivity index (χ4n) is 10.9. The molecule has 2 heterocycles. The minimum Gasteiger partial charge on any atom is -0.307 e. The summed E-state index contributed by atoms with van der Waals surface area (Å²) in [4.78, 5) is 0. The largest absolute Gasteiger partial charge is 0.417 e. The highest BCUT2D eigenvalue weighted by atomic mass is 19.4. The molecule has 0 saturated heterocycles. The molecule has 0 aliphatic heterocycles. The van der Waals surface area contributed by atoms with Crippen LogP contribution in [0.1, 0.15) is 54.5 Å². The average molecular weight is 965 g/mol. The number of nitriles is 2. The van der Waals surface area contributed by atoms with Crippen LogP contribution in [-0.2, 0) is 6.18 Å². The minimum absolute atomic E-state index is 0.00359. The van der Waals surface area contributed by atoms with Gasteiger partial charge in [0.05, 0.1) is 62.3 Å². The summed E-state index contributed by atoms with van der Waals surface area (Å²) in [5, 5.41) is 27.8. The van der Waals surface area contributed by atoms with Crippen molar-refractivity contribution in [3.05, 3.63) is 238 Å². The first kappa shape index (κ1) is 45.9. The van der Waals surface area contributed by atoms with E-state index in [0.29, 0.717) is 11.4 Å². The molecule has 0 fully saturated rings. The molecule has 4 nitrogen and oxygen atoms in total. The van der Waals surface area contributed by atoms with Gasteiger partial charge in [-0.1, -0.05) is 162 Å². The number of rotatable bonds is 5. The van der Waals surface area contributed by atoms with E-state index in [1.807, 2.05) is 0 Å². The summed E-state index contributed by atoms with van der Waals surface area (Å²) in [6, 6.07) is 54.1. The lowest BCUT2D eigenvalue weighted by Crippen LogP contribution is -2.11. The second-order valence-electron chi connectivity index (χ2n) is 19.7. The normalized spacial score (nSPS) is 15.2. The summed E-state index contributed by atoms with van der Waals surface area (Å²) in [5.41, 5.74) is 13.9. The molecule has 0 N–H and O–H groups in total. The van der Waals surface area contributed by atoms with E-state index in [2.05, 4.69) is 207 Å². The van der Waals surface area contributed by atoms with Crippen LogP contribution in [0.2, 0.25) is 0 Å². The van der Waals surface area contributed by atoms with Gasteiger partial charge in [0, 0.05) is 32.7 Å². The quantitative estimate of drug-likeness (QED) is 0.173. The zero-order valence-corrected chi connectivity index (χ0v) is 41.2. The molecular weight excluding hydrogens is 918 g/mol. The topological polar surface area (TPSA) is 57.4 Å². The predicted molar refractivity (Wildman–Crippen MR) is 296 cm³/mol. The Kier molecular flexibility index (Phi) is 11.1. The number of aryl methyl sites for hydroxylation is 2. The minimum atomic E-state index is -4.84. The standard InChI is InChI=1S/C67H47F3N4/c1-40-8-16-44(17-9-40)48-24-28-54-55-29-25-49(45-18-10-41(2)11-19-45)33-61(55)73(60(54)32-48)64-36-53(39-72)58(66-52(38-71)6-5-7-59(66)67(68,69)70)37-65(64)74-62-34-50(46-20-12-42(3)13-21-46)26-30-56(62)57-31-27-51(35-63(57)74)47-22-14-43(4)15-23-47/h5-16,18,20-37H,17,19H2,1-4H3. The Balaban J connectivity index is 1.29. The molecule has 2 aliphatic carbocycles. The van der Waals surface area contributed by atoms with Gasteiger partial charge in [0.1, 0.15) is 0 Å². The van der Waals surface area contributed by atoms with Crippen molar-refractivity contribution >= 4 is 54.8 Å². The molecule has 74 heavy (non-hydrogen) atoms. The number of aromatic nitrogens is 2. The third-order valence-electron chi connectivity index (χ3n) is 14.9. The molecular formula is C67H47F3N4. The van der Waals surface area contributed by atoms with E-state index in [4.69, 9.17) is 0 Å². The fourth-order valence-corrected chi connectivity index (χ4v) is 10.9. The molecule has 2 aromatic heterocycles. The Labute approximate surface area is 426 Å². The molecule has 0 amide bonds. The monoisotopic (exact) mass is 964 g/mol. The van der Waals surface area contributed by atoms with Gasteiger partial charge in [-0.25, -0.2) is 0 Å². The van der Waals surface area contributed by atoms with Gasteiger partial charge in [0.15, 0.2) is 0 Å². The van der Waals surface area contributed by atoms with Crippen LogP contribution in [0, 0.1) is 36.5 Å². The molecule has 356 valence electrons. The van der Waals surface area contributed by atoms with E-state index in [9.17, 15) is 10.5 Å². The second-order valence-corrected chi connectivity index (χ2v) is 19.7. The van der Waals surface area contributed by atoms with Crippen LogP contribution < -0.4 is 10.4 Å². The lowest BCUT2D eigenvalue weighted by Gasteiger charge is -2.21. The van der Waals surface area contributed by atoms with Crippen molar-refractivity contribution in [2.24, 2.45) is 0 Å².